The second kappa shape index (κ2) is 5.30. The Morgan fingerprint density at radius 1 is 1.40 bits per heavy atom. The van der Waals surface area contributed by atoms with E-state index in [1.54, 1.807) is 5.06 Å². The summed E-state index contributed by atoms with van der Waals surface area (Å²) in [6.45, 7) is 7.35. The highest BCUT2D eigenvalue weighted by molar-refractivity contribution is 9.09. The Labute approximate surface area is 100 Å². The molecule has 1 heterocycles. The Kier molecular flexibility index (Phi) is 4.59. The van der Waals surface area contributed by atoms with Crippen LogP contribution < -0.4 is 0 Å². The number of nitrogens with zero attached hydrogens (tertiary/aromatic N) is 1. The molecule has 1 rings (SSSR count). The predicted molar refractivity (Wildman–Crippen MR) is 63.6 cm³/mol. The van der Waals surface area contributed by atoms with Gasteiger partial charge in [-0.15, -0.1) is 5.06 Å². The summed E-state index contributed by atoms with van der Waals surface area (Å²) in [7, 11) is 0. The minimum atomic E-state index is -0.410. The van der Waals surface area contributed by atoms with Crippen LogP contribution in [0, 0.1) is 11.3 Å². The molecular formula is C11H20BrNO2. The third-order valence-electron chi connectivity index (χ3n) is 2.62. The summed E-state index contributed by atoms with van der Waals surface area (Å²) in [5, 5.41) is 2.85. The molecule has 0 unspecified atom stereocenters. The van der Waals surface area contributed by atoms with Gasteiger partial charge in [0.25, 0.3) is 0 Å². The van der Waals surface area contributed by atoms with Gasteiger partial charge in [0.2, 0.25) is 0 Å². The lowest BCUT2D eigenvalue weighted by Crippen LogP contribution is -2.39. The smallest absolute Gasteiger partial charge is 0.330 e. The van der Waals surface area contributed by atoms with Gasteiger partial charge < -0.3 is 4.84 Å². The van der Waals surface area contributed by atoms with Crippen LogP contribution in [0.2, 0.25) is 0 Å². The Bertz CT molecular complexity index is 217. The van der Waals surface area contributed by atoms with Crippen molar-refractivity contribution in [1.29, 1.82) is 0 Å². The fraction of sp³-hybridized carbons (Fsp3) is 0.909. The molecule has 0 N–H and O–H groups in total. The standard InChI is InChI=1S/C11H20BrNO2/c1-11(2,3)10(14)15-13-6-4-9(8-12)5-7-13/h9H,4-8H2,1-3H3. The van der Waals surface area contributed by atoms with Gasteiger partial charge in [-0.1, -0.05) is 15.9 Å². The molecular weight excluding hydrogens is 258 g/mol. The molecule has 15 heavy (non-hydrogen) atoms. The second-order valence-electron chi connectivity index (χ2n) is 5.16. The van der Waals surface area contributed by atoms with E-state index in [0.717, 1.165) is 37.2 Å². The zero-order valence-corrected chi connectivity index (χ0v) is 11.3. The van der Waals surface area contributed by atoms with E-state index < -0.39 is 5.41 Å². The highest BCUT2D eigenvalue weighted by atomic mass is 79.9. The number of piperidine rings is 1. The number of hydroxylamine groups is 2. The topological polar surface area (TPSA) is 29.5 Å². The van der Waals surface area contributed by atoms with E-state index in [0.29, 0.717) is 0 Å². The first-order valence-electron chi connectivity index (χ1n) is 5.47. The minimum absolute atomic E-state index is 0.139. The third kappa shape index (κ3) is 4.11. The summed E-state index contributed by atoms with van der Waals surface area (Å²) in [6.07, 6.45) is 2.20. The Balaban J connectivity index is 2.33. The zero-order valence-electron chi connectivity index (χ0n) is 9.75. The first kappa shape index (κ1) is 13.0. The van der Waals surface area contributed by atoms with E-state index in [4.69, 9.17) is 4.84 Å². The molecule has 0 aromatic rings. The first-order valence-corrected chi connectivity index (χ1v) is 6.59. The third-order valence-corrected chi connectivity index (χ3v) is 3.53. The number of hydrogen-bond acceptors (Lipinski definition) is 3. The number of carbonyl (C=O) groups is 1. The van der Waals surface area contributed by atoms with Crippen LogP contribution in [0.4, 0.5) is 0 Å². The monoisotopic (exact) mass is 277 g/mol. The molecule has 1 aliphatic rings. The fourth-order valence-electron chi connectivity index (χ4n) is 1.41. The number of carbonyl (C=O) groups excluding carboxylic acids is 1. The van der Waals surface area contributed by atoms with E-state index in [2.05, 4.69) is 15.9 Å². The van der Waals surface area contributed by atoms with Crippen LogP contribution in [0.1, 0.15) is 33.6 Å². The molecule has 0 atom stereocenters. The van der Waals surface area contributed by atoms with Gasteiger partial charge in [0.1, 0.15) is 0 Å². The minimum Gasteiger partial charge on any atom is -0.367 e. The molecule has 0 bridgehead atoms. The summed E-state index contributed by atoms with van der Waals surface area (Å²) in [5.74, 6) is 0.592. The van der Waals surface area contributed by atoms with Crippen LogP contribution in [0.15, 0.2) is 0 Å². The van der Waals surface area contributed by atoms with Crippen LogP contribution >= 0.6 is 15.9 Å². The number of hydrogen-bond donors (Lipinski definition) is 0. The summed E-state index contributed by atoms with van der Waals surface area (Å²) in [5.41, 5.74) is -0.410. The molecule has 1 fully saturated rings. The maximum atomic E-state index is 11.6. The molecule has 1 aliphatic heterocycles. The van der Waals surface area contributed by atoms with Gasteiger partial charge in [-0.05, 0) is 39.5 Å². The van der Waals surface area contributed by atoms with Crippen LogP contribution in [-0.4, -0.2) is 29.5 Å². The Hall–Kier alpha value is -0.0900. The van der Waals surface area contributed by atoms with Crippen molar-refractivity contribution in [3.05, 3.63) is 0 Å². The van der Waals surface area contributed by atoms with Gasteiger partial charge in [-0.25, -0.2) is 4.79 Å². The lowest BCUT2D eigenvalue weighted by Gasteiger charge is -2.31. The van der Waals surface area contributed by atoms with Crippen molar-refractivity contribution < 1.29 is 9.63 Å². The molecule has 0 saturated carbocycles. The van der Waals surface area contributed by atoms with Crippen molar-refractivity contribution in [2.45, 2.75) is 33.6 Å². The van der Waals surface area contributed by atoms with Crippen LogP contribution in [-0.2, 0) is 9.63 Å². The molecule has 4 heteroatoms. The lowest BCUT2D eigenvalue weighted by molar-refractivity contribution is -0.205. The molecule has 1 saturated heterocycles. The van der Waals surface area contributed by atoms with Crippen molar-refractivity contribution >= 4 is 21.9 Å². The molecule has 0 amide bonds. The molecule has 0 aliphatic carbocycles. The van der Waals surface area contributed by atoms with Crippen LogP contribution in [0.5, 0.6) is 0 Å². The highest BCUT2D eigenvalue weighted by Crippen LogP contribution is 2.21. The van der Waals surface area contributed by atoms with Crippen LogP contribution in [0.3, 0.4) is 0 Å². The van der Waals surface area contributed by atoms with Gasteiger partial charge in [0.15, 0.2) is 0 Å². The molecule has 88 valence electrons. The molecule has 0 aromatic carbocycles. The van der Waals surface area contributed by atoms with Gasteiger partial charge in [-0.2, -0.15) is 0 Å². The zero-order chi connectivity index (χ0) is 11.5. The second-order valence-corrected chi connectivity index (χ2v) is 5.80. The van der Waals surface area contributed by atoms with E-state index in [9.17, 15) is 4.79 Å². The van der Waals surface area contributed by atoms with E-state index >= 15 is 0 Å². The van der Waals surface area contributed by atoms with Gasteiger partial charge in [0, 0.05) is 18.4 Å². The Morgan fingerprint density at radius 2 is 1.93 bits per heavy atom. The molecule has 0 aromatic heterocycles. The first-order chi connectivity index (χ1) is 6.93. The van der Waals surface area contributed by atoms with Crippen molar-refractivity contribution in [2.75, 3.05) is 18.4 Å². The molecule has 0 spiro atoms. The largest absolute Gasteiger partial charge is 0.367 e. The SMILES string of the molecule is CC(C)(C)C(=O)ON1CCC(CBr)CC1. The summed E-state index contributed by atoms with van der Waals surface area (Å²) in [4.78, 5) is 16.9. The van der Waals surface area contributed by atoms with Crippen molar-refractivity contribution in [1.82, 2.24) is 5.06 Å². The van der Waals surface area contributed by atoms with Gasteiger partial charge in [-0.3, -0.25) is 0 Å². The van der Waals surface area contributed by atoms with Crippen molar-refractivity contribution in [3.8, 4) is 0 Å². The number of halogens is 1. The van der Waals surface area contributed by atoms with Crippen molar-refractivity contribution in [2.24, 2.45) is 11.3 Å². The number of rotatable bonds is 2. The fourth-order valence-corrected chi connectivity index (χ4v) is 2.06. The van der Waals surface area contributed by atoms with E-state index in [1.165, 1.54) is 0 Å². The molecule has 0 radical (unpaired) electrons. The van der Waals surface area contributed by atoms with Crippen LogP contribution in [0.25, 0.3) is 0 Å². The summed E-state index contributed by atoms with van der Waals surface area (Å²) >= 11 is 3.49. The average Bonchev–Trinajstić information content (AvgIpc) is 2.17. The highest BCUT2D eigenvalue weighted by Gasteiger charge is 2.27. The average molecular weight is 278 g/mol. The van der Waals surface area contributed by atoms with Crippen molar-refractivity contribution in [3.63, 3.8) is 0 Å². The van der Waals surface area contributed by atoms with E-state index in [-0.39, 0.29) is 5.97 Å². The van der Waals surface area contributed by atoms with Gasteiger partial charge in [0.05, 0.1) is 5.41 Å². The number of alkyl halides is 1. The quantitative estimate of drug-likeness (QED) is 0.727. The van der Waals surface area contributed by atoms with E-state index in [1.807, 2.05) is 20.8 Å². The normalized spacial score (nSPS) is 20.3. The molecule has 3 nitrogen and oxygen atoms in total. The summed E-state index contributed by atoms with van der Waals surface area (Å²) in [6, 6.07) is 0. The maximum absolute atomic E-state index is 11.6. The lowest BCUT2D eigenvalue weighted by atomic mass is 9.97. The van der Waals surface area contributed by atoms with Gasteiger partial charge >= 0.3 is 5.97 Å². The predicted octanol–water partition coefficient (Wildman–Crippen LogP) is 2.60. The summed E-state index contributed by atoms with van der Waals surface area (Å²) < 4.78 is 0. The Morgan fingerprint density at radius 3 is 2.33 bits per heavy atom. The maximum Gasteiger partial charge on any atom is 0.330 e.